The Morgan fingerprint density at radius 2 is 1.75 bits per heavy atom. The Bertz CT molecular complexity index is 766. The Kier molecular flexibility index (Phi) is 4.71. The van der Waals surface area contributed by atoms with E-state index in [2.05, 4.69) is 50.2 Å². The average molecular weight is 386 g/mol. The fourth-order valence-corrected chi connectivity index (χ4v) is 3.14. The van der Waals surface area contributed by atoms with Crippen LogP contribution in [0.4, 0.5) is 5.69 Å². The number of halogens is 1. The third kappa shape index (κ3) is 3.36. The molecule has 2 aromatic rings. The van der Waals surface area contributed by atoms with Crippen molar-refractivity contribution in [2.45, 2.75) is 19.4 Å². The molecule has 0 saturated heterocycles. The van der Waals surface area contributed by atoms with Crippen LogP contribution in [-0.4, -0.2) is 30.7 Å². The number of rotatable bonds is 3. The fourth-order valence-electron chi connectivity index (χ4n) is 2.87. The Labute approximate surface area is 150 Å². The van der Waals surface area contributed by atoms with Gasteiger partial charge in [-0.05, 0) is 35.4 Å². The zero-order chi connectivity index (χ0) is 17.3. The highest BCUT2D eigenvalue weighted by Gasteiger charge is 2.31. The zero-order valence-electron chi connectivity index (χ0n) is 14.0. The van der Waals surface area contributed by atoms with Crippen LogP contribution in [0.2, 0.25) is 0 Å². The molecule has 0 bridgehead atoms. The normalized spacial score (nSPS) is 16.9. The van der Waals surface area contributed by atoms with E-state index in [1.165, 1.54) is 0 Å². The second kappa shape index (κ2) is 6.77. The molecule has 0 saturated carbocycles. The molecule has 5 heteroatoms. The molecule has 0 fully saturated rings. The molecule has 2 aromatic carbocycles. The first-order valence-corrected chi connectivity index (χ1v) is 8.65. The summed E-state index contributed by atoms with van der Waals surface area (Å²) in [6.07, 6.45) is 0.725. The van der Waals surface area contributed by atoms with E-state index < -0.39 is 0 Å². The number of hydrazone groups is 1. The second-order valence-corrected chi connectivity index (χ2v) is 7.04. The van der Waals surface area contributed by atoms with E-state index in [0.29, 0.717) is 0 Å². The fraction of sp³-hybridized carbons (Fsp3) is 0.263. The molecule has 0 N–H and O–H groups in total. The van der Waals surface area contributed by atoms with Crippen molar-refractivity contribution in [3.8, 4) is 0 Å². The second-order valence-electron chi connectivity index (χ2n) is 6.12. The third-order valence-corrected chi connectivity index (χ3v) is 4.73. The van der Waals surface area contributed by atoms with Gasteiger partial charge in [-0.3, -0.25) is 4.79 Å². The van der Waals surface area contributed by atoms with Crippen LogP contribution in [0.5, 0.6) is 0 Å². The van der Waals surface area contributed by atoms with Gasteiger partial charge in [0, 0.05) is 37.6 Å². The molecule has 3 rings (SSSR count). The van der Waals surface area contributed by atoms with Crippen LogP contribution < -0.4 is 4.90 Å². The van der Waals surface area contributed by atoms with Crippen molar-refractivity contribution in [3.05, 3.63) is 64.1 Å². The van der Waals surface area contributed by atoms with Crippen molar-refractivity contribution in [1.29, 1.82) is 0 Å². The van der Waals surface area contributed by atoms with E-state index in [1.807, 2.05) is 38.4 Å². The van der Waals surface area contributed by atoms with Gasteiger partial charge in [-0.1, -0.05) is 40.2 Å². The van der Waals surface area contributed by atoms with Gasteiger partial charge in [0.25, 0.3) is 0 Å². The number of benzene rings is 2. The summed E-state index contributed by atoms with van der Waals surface area (Å²) < 4.78 is 1.03. The predicted molar refractivity (Wildman–Crippen MR) is 101 cm³/mol. The van der Waals surface area contributed by atoms with E-state index in [4.69, 9.17) is 0 Å². The maximum Gasteiger partial charge on any atom is 0.240 e. The van der Waals surface area contributed by atoms with E-state index in [-0.39, 0.29) is 11.9 Å². The van der Waals surface area contributed by atoms with Crippen molar-refractivity contribution in [2.24, 2.45) is 5.10 Å². The van der Waals surface area contributed by atoms with Crippen molar-refractivity contribution < 1.29 is 4.79 Å². The Morgan fingerprint density at radius 3 is 2.29 bits per heavy atom. The lowest BCUT2D eigenvalue weighted by Gasteiger charge is -2.20. The maximum absolute atomic E-state index is 12.0. The minimum Gasteiger partial charge on any atom is -0.378 e. The summed E-state index contributed by atoms with van der Waals surface area (Å²) in [6.45, 7) is 1.56. The quantitative estimate of drug-likeness (QED) is 0.792. The van der Waals surface area contributed by atoms with E-state index in [1.54, 1.807) is 11.9 Å². The Hall–Kier alpha value is -2.14. The molecule has 0 radical (unpaired) electrons. The smallest absolute Gasteiger partial charge is 0.240 e. The highest BCUT2D eigenvalue weighted by molar-refractivity contribution is 9.10. The first-order chi connectivity index (χ1) is 11.5. The first kappa shape index (κ1) is 16.7. The van der Waals surface area contributed by atoms with Gasteiger partial charge in [0.2, 0.25) is 5.91 Å². The lowest BCUT2D eigenvalue weighted by atomic mass is 9.98. The number of nitrogens with zero attached hydrogens (tertiary/aromatic N) is 3. The van der Waals surface area contributed by atoms with Gasteiger partial charge in [0.15, 0.2) is 0 Å². The SMILES string of the molecule is CC(=O)N1N=C(c2ccc(N(C)C)cc2)CC1c1ccc(Br)cc1. The van der Waals surface area contributed by atoms with Gasteiger partial charge in [0.1, 0.15) is 0 Å². The molecular weight excluding hydrogens is 366 g/mol. The number of anilines is 1. The maximum atomic E-state index is 12.0. The predicted octanol–water partition coefficient (Wildman–Crippen LogP) is 4.21. The Balaban J connectivity index is 1.89. The lowest BCUT2D eigenvalue weighted by molar-refractivity contribution is -0.130. The zero-order valence-corrected chi connectivity index (χ0v) is 15.6. The van der Waals surface area contributed by atoms with Crippen LogP contribution in [0.3, 0.4) is 0 Å². The van der Waals surface area contributed by atoms with Crippen LogP contribution in [-0.2, 0) is 4.79 Å². The summed E-state index contributed by atoms with van der Waals surface area (Å²) in [5.41, 5.74) is 4.25. The topological polar surface area (TPSA) is 35.9 Å². The highest BCUT2D eigenvalue weighted by Crippen LogP contribution is 2.33. The minimum atomic E-state index is -0.0425. The van der Waals surface area contributed by atoms with E-state index >= 15 is 0 Å². The molecule has 124 valence electrons. The minimum absolute atomic E-state index is 0.0390. The number of hydrogen-bond acceptors (Lipinski definition) is 3. The summed E-state index contributed by atoms with van der Waals surface area (Å²) in [5, 5.41) is 6.18. The summed E-state index contributed by atoms with van der Waals surface area (Å²) in [5.74, 6) is -0.0390. The number of hydrogen-bond donors (Lipinski definition) is 0. The summed E-state index contributed by atoms with van der Waals surface area (Å²) in [4.78, 5) is 14.1. The van der Waals surface area contributed by atoms with Gasteiger partial charge in [-0.15, -0.1) is 0 Å². The molecule has 1 aliphatic heterocycles. The van der Waals surface area contributed by atoms with E-state index in [9.17, 15) is 4.79 Å². The van der Waals surface area contributed by atoms with Crippen molar-refractivity contribution >= 4 is 33.2 Å². The molecule has 1 amide bonds. The summed E-state index contributed by atoms with van der Waals surface area (Å²) >= 11 is 3.45. The summed E-state index contributed by atoms with van der Waals surface area (Å²) in [6, 6.07) is 16.3. The van der Waals surface area contributed by atoms with Crippen molar-refractivity contribution in [3.63, 3.8) is 0 Å². The molecule has 1 unspecified atom stereocenters. The van der Waals surface area contributed by atoms with Gasteiger partial charge in [-0.25, -0.2) is 5.01 Å². The van der Waals surface area contributed by atoms with Crippen molar-refractivity contribution in [1.82, 2.24) is 5.01 Å². The molecule has 1 atom stereocenters. The summed E-state index contributed by atoms with van der Waals surface area (Å²) in [7, 11) is 4.03. The molecule has 4 nitrogen and oxygen atoms in total. The molecule has 1 heterocycles. The molecule has 0 spiro atoms. The van der Waals surface area contributed by atoms with Crippen LogP contribution in [0, 0.1) is 0 Å². The van der Waals surface area contributed by atoms with Crippen LogP contribution in [0.15, 0.2) is 58.1 Å². The highest BCUT2D eigenvalue weighted by atomic mass is 79.9. The average Bonchev–Trinajstić information content (AvgIpc) is 3.01. The van der Waals surface area contributed by atoms with Gasteiger partial charge >= 0.3 is 0 Å². The molecule has 24 heavy (non-hydrogen) atoms. The van der Waals surface area contributed by atoms with Gasteiger partial charge in [0.05, 0.1) is 11.8 Å². The molecule has 1 aliphatic rings. The van der Waals surface area contributed by atoms with Crippen LogP contribution in [0.25, 0.3) is 0 Å². The molecule has 0 aliphatic carbocycles. The Morgan fingerprint density at radius 1 is 1.12 bits per heavy atom. The molecule has 0 aromatic heterocycles. The first-order valence-electron chi connectivity index (χ1n) is 7.86. The standard InChI is InChI=1S/C19H20BrN3O/c1-13(24)23-19(15-4-8-16(20)9-5-15)12-18(21-23)14-6-10-17(11-7-14)22(2)3/h4-11,19H,12H2,1-3H3. The van der Waals surface area contributed by atoms with Crippen LogP contribution >= 0.6 is 15.9 Å². The monoisotopic (exact) mass is 385 g/mol. The third-order valence-electron chi connectivity index (χ3n) is 4.20. The van der Waals surface area contributed by atoms with Crippen molar-refractivity contribution in [2.75, 3.05) is 19.0 Å². The van der Waals surface area contributed by atoms with E-state index in [0.717, 1.165) is 33.4 Å². The number of carbonyl (C=O) groups excluding carboxylic acids is 1. The largest absolute Gasteiger partial charge is 0.378 e. The number of amides is 1. The molecular formula is C19H20BrN3O. The lowest BCUT2D eigenvalue weighted by Crippen LogP contribution is -2.24. The van der Waals surface area contributed by atoms with Gasteiger partial charge < -0.3 is 4.90 Å². The number of carbonyl (C=O) groups is 1. The van der Waals surface area contributed by atoms with Crippen LogP contribution in [0.1, 0.15) is 30.5 Å². The van der Waals surface area contributed by atoms with Gasteiger partial charge in [-0.2, -0.15) is 5.10 Å².